The van der Waals surface area contributed by atoms with E-state index in [0.29, 0.717) is 12.8 Å². The minimum absolute atomic E-state index is 0.223. The summed E-state index contributed by atoms with van der Waals surface area (Å²) in [5, 5.41) is 19.7. The molecular weight excluding hydrogens is 212 g/mol. The molecule has 0 saturated carbocycles. The molecule has 1 rings (SSSR count). The number of hydrogen-bond donors (Lipinski definition) is 2. The van der Waals surface area contributed by atoms with Gasteiger partial charge in [0.2, 0.25) is 5.91 Å². The van der Waals surface area contributed by atoms with Gasteiger partial charge in [-0.1, -0.05) is 0 Å². The number of carbonyl (C=O) groups is 2. The molecule has 2 N–H and O–H groups in total. The predicted molar refractivity (Wildman–Crippen MR) is 53.4 cm³/mol. The van der Waals surface area contributed by atoms with Gasteiger partial charge in [-0.2, -0.15) is 5.26 Å². The standard InChI is InChI=1S/C10H14N2O4/c1-6(4-5-11)12-9(13)7-2-3-8(16-7)10(14)15/h6-8H,2-4H2,1H3,(H,12,13)(H,14,15)/t6?,7-,8+/m0/s1. The van der Waals surface area contributed by atoms with Gasteiger partial charge in [0.25, 0.3) is 0 Å². The number of nitrogens with zero attached hydrogens (tertiary/aromatic N) is 1. The molecule has 6 heteroatoms. The van der Waals surface area contributed by atoms with Crippen molar-refractivity contribution >= 4 is 11.9 Å². The Hall–Kier alpha value is -1.61. The molecule has 0 spiro atoms. The Balaban J connectivity index is 2.40. The van der Waals surface area contributed by atoms with Gasteiger partial charge in [0.05, 0.1) is 12.5 Å². The van der Waals surface area contributed by atoms with Crippen molar-refractivity contribution < 1.29 is 19.4 Å². The van der Waals surface area contributed by atoms with Crippen molar-refractivity contribution in [3.8, 4) is 6.07 Å². The van der Waals surface area contributed by atoms with Crippen molar-refractivity contribution in [3.63, 3.8) is 0 Å². The van der Waals surface area contributed by atoms with Crippen LogP contribution in [0.5, 0.6) is 0 Å². The van der Waals surface area contributed by atoms with Crippen LogP contribution in [0.3, 0.4) is 0 Å². The van der Waals surface area contributed by atoms with Crippen LogP contribution in [-0.4, -0.2) is 35.2 Å². The summed E-state index contributed by atoms with van der Waals surface area (Å²) >= 11 is 0. The molecule has 1 saturated heterocycles. The van der Waals surface area contributed by atoms with Crippen LogP contribution < -0.4 is 5.32 Å². The van der Waals surface area contributed by atoms with E-state index < -0.39 is 18.2 Å². The summed E-state index contributed by atoms with van der Waals surface area (Å²) in [6.45, 7) is 1.71. The lowest BCUT2D eigenvalue weighted by molar-refractivity contribution is -0.151. The van der Waals surface area contributed by atoms with E-state index in [9.17, 15) is 9.59 Å². The number of amides is 1. The van der Waals surface area contributed by atoms with Crippen molar-refractivity contribution in [2.24, 2.45) is 0 Å². The third kappa shape index (κ3) is 3.21. The first-order valence-electron chi connectivity index (χ1n) is 5.10. The van der Waals surface area contributed by atoms with Crippen molar-refractivity contribution in [2.75, 3.05) is 0 Å². The minimum Gasteiger partial charge on any atom is -0.479 e. The SMILES string of the molecule is CC(CC#N)NC(=O)[C@@H]1CC[C@H](C(=O)O)O1. The van der Waals surface area contributed by atoms with Crippen molar-refractivity contribution in [2.45, 2.75) is 44.4 Å². The topological polar surface area (TPSA) is 99.4 Å². The van der Waals surface area contributed by atoms with Crippen LogP contribution in [0.25, 0.3) is 0 Å². The maximum Gasteiger partial charge on any atom is 0.332 e. The number of carboxylic acids is 1. The largest absolute Gasteiger partial charge is 0.479 e. The van der Waals surface area contributed by atoms with E-state index in [4.69, 9.17) is 15.1 Å². The Labute approximate surface area is 93.2 Å². The van der Waals surface area contributed by atoms with Gasteiger partial charge >= 0.3 is 5.97 Å². The van der Waals surface area contributed by atoms with Crippen molar-refractivity contribution in [1.29, 1.82) is 5.26 Å². The Morgan fingerprint density at radius 2 is 2.19 bits per heavy atom. The monoisotopic (exact) mass is 226 g/mol. The molecule has 88 valence electrons. The molecule has 0 aliphatic carbocycles. The Kier molecular flexibility index (Phi) is 4.26. The zero-order chi connectivity index (χ0) is 12.1. The average molecular weight is 226 g/mol. The lowest BCUT2D eigenvalue weighted by Gasteiger charge is -2.14. The molecule has 0 aromatic rings. The fourth-order valence-electron chi connectivity index (χ4n) is 1.54. The third-order valence-corrected chi connectivity index (χ3v) is 2.37. The van der Waals surface area contributed by atoms with Gasteiger partial charge in [0.15, 0.2) is 6.10 Å². The summed E-state index contributed by atoms with van der Waals surface area (Å²) in [7, 11) is 0. The van der Waals surface area contributed by atoms with E-state index in [-0.39, 0.29) is 18.4 Å². The second kappa shape index (κ2) is 5.47. The van der Waals surface area contributed by atoms with Crippen LogP contribution in [0, 0.1) is 11.3 Å². The van der Waals surface area contributed by atoms with Crippen LogP contribution in [0.15, 0.2) is 0 Å². The highest BCUT2D eigenvalue weighted by atomic mass is 16.5. The number of rotatable bonds is 4. The molecule has 1 amide bonds. The van der Waals surface area contributed by atoms with E-state index >= 15 is 0 Å². The highest BCUT2D eigenvalue weighted by molar-refractivity contribution is 5.82. The fraction of sp³-hybridized carbons (Fsp3) is 0.700. The van der Waals surface area contributed by atoms with E-state index in [0.717, 1.165) is 0 Å². The Morgan fingerprint density at radius 1 is 1.56 bits per heavy atom. The quantitative estimate of drug-likeness (QED) is 0.704. The summed E-state index contributed by atoms with van der Waals surface area (Å²) in [5.41, 5.74) is 0. The van der Waals surface area contributed by atoms with Crippen molar-refractivity contribution in [1.82, 2.24) is 5.32 Å². The summed E-state index contributed by atoms with van der Waals surface area (Å²) < 4.78 is 5.07. The summed E-state index contributed by atoms with van der Waals surface area (Å²) in [4.78, 5) is 22.2. The molecule has 0 radical (unpaired) electrons. The first-order chi connectivity index (χ1) is 7.54. The number of carbonyl (C=O) groups excluding carboxylic acids is 1. The lowest BCUT2D eigenvalue weighted by Crippen LogP contribution is -2.40. The zero-order valence-electron chi connectivity index (χ0n) is 8.97. The molecule has 0 bridgehead atoms. The number of aliphatic carboxylic acids is 1. The average Bonchev–Trinajstić information content (AvgIpc) is 2.66. The molecule has 1 heterocycles. The molecule has 3 atom stereocenters. The first kappa shape index (κ1) is 12.5. The third-order valence-electron chi connectivity index (χ3n) is 2.37. The molecule has 1 aliphatic heterocycles. The maximum absolute atomic E-state index is 11.6. The highest BCUT2D eigenvalue weighted by Gasteiger charge is 2.34. The van der Waals surface area contributed by atoms with Crippen LogP contribution in [0.4, 0.5) is 0 Å². The van der Waals surface area contributed by atoms with Gasteiger partial charge in [0, 0.05) is 6.04 Å². The summed E-state index contributed by atoms with van der Waals surface area (Å²) in [5.74, 6) is -1.38. The summed E-state index contributed by atoms with van der Waals surface area (Å²) in [6.07, 6.45) is -0.618. The van der Waals surface area contributed by atoms with Gasteiger partial charge in [-0.3, -0.25) is 4.79 Å². The van der Waals surface area contributed by atoms with Gasteiger partial charge in [-0.15, -0.1) is 0 Å². The van der Waals surface area contributed by atoms with Crippen molar-refractivity contribution in [3.05, 3.63) is 0 Å². The Morgan fingerprint density at radius 3 is 2.69 bits per heavy atom. The molecule has 6 nitrogen and oxygen atoms in total. The van der Waals surface area contributed by atoms with Gasteiger partial charge in [-0.05, 0) is 19.8 Å². The molecule has 1 fully saturated rings. The minimum atomic E-state index is -1.04. The second-order valence-corrected chi connectivity index (χ2v) is 3.80. The van der Waals surface area contributed by atoms with E-state index in [2.05, 4.69) is 5.32 Å². The normalized spacial score (nSPS) is 25.8. The first-order valence-corrected chi connectivity index (χ1v) is 5.10. The smallest absolute Gasteiger partial charge is 0.332 e. The molecular formula is C10H14N2O4. The Bertz CT molecular complexity index is 323. The van der Waals surface area contributed by atoms with E-state index in [1.165, 1.54) is 0 Å². The fourth-order valence-corrected chi connectivity index (χ4v) is 1.54. The van der Waals surface area contributed by atoms with Gasteiger partial charge < -0.3 is 15.2 Å². The molecule has 1 unspecified atom stereocenters. The van der Waals surface area contributed by atoms with Gasteiger partial charge in [-0.25, -0.2) is 4.79 Å². The lowest BCUT2D eigenvalue weighted by atomic mass is 10.1. The molecule has 1 aliphatic rings. The molecule has 16 heavy (non-hydrogen) atoms. The van der Waals surface area contributed by atoms with Crippen LogP contribution in [0.2, 0.25) is 0 Å². The number of ether oxygens (including phenoxy) is 1. The van der Waals surface area contributed by atoms with Crippen LogP contribution >= 0.6 is 0 Å². The zero-order valence-corrected chi connectivity index (χ0v) is 8.97. The molecule has 0 aromatic carbocycles. The van der Waals surface area contributed by atoms with Crippen LogP contribution in [-0.2, 0) is 14.3 Å². The van der Waals surface area contributed by atoms with Gasteiger partial charge in [0.1, 0.15) is 6.10 Å². The number of carboxylic acid groups (broad SMARTS) is 1. The number of nitriles is 1. The number of nitrogens with one attached hydrogen (secondary N) is 1. The number of hydrogen-bond acceptors (Lipinski definition) is 4. The maximum atomic E-state index is 11.6. The van der Waals surface area contributed by atoms with E-state index in [1.807, 2.05) is 6.07 Å². The molecule has 0 aromatic heterocycles. The van der Waals surface area contributed by atoms with E-state index in [1.54, 1.807) is 6.92 Å². The summed E-state index contributed by atoms with van der Waals surface area (Å²) in [6, 6.07) is 1.70. The highest BCUT2D eigenvalue weighted by Crippen LogP contribution is 2.20. The second-order valence-electron chi connectivity index (χ2n) is 3.80. The predicted octanol–water partition coefficient (Wildman–Crippen LogP) is 0.0370. The van der Waals surface area contributed by atoms with Crippen LogP contribution in [0.1, 0.15) is 26.2 Å².